The topological polar surface area (TPSA) is 105 Å². The molecule has 0 aliphatic heterocycles. The van der Waals surface area contributed by atoms with Crippen LogP contribution in [0.3, 0.4) is 0 Å². The molecule has 4 rings (SSSR count). The van der Waals surface area contributed by atoms with Crippen molar-refractivity contribution in [2.75, 3.05) is 11.9 Å². The first-order valence-electron chi connectivity index (χ1n) is 10.9. The highest BCUT2D eigenvalue weighted by Crippen LogP contribution is 2.44. The van der Waals surface area contributed by atoms with Crippen LogP contribution < -0.4 is 10.6 Å². The minimum absolute atomic E-state index is 0.0743. The van der Waals surface area contributed by atoms with Gasteiger partial charge in [-0.3, -0.25) is 4.79 Å². The Labute approximate surface area is 201 Å². The van der Waals surface area contributed by atoms with Gasteiger partial charge in [-0.15, -0.1) is 6.58 Å². The lowest BCUT2D eigenvalue weighted by Gasteiger charge is -2.19. The second kappa shape index (κ2) is 10.2. The molecule has 8 heteroatoms. The smallest absolute Gasteiger partial charge is 0.407 e. The molecule has 0 saturated carbocycles. The van der Waals surface area contributed by atoms with Gasteiger partial charge in [-0.2, -0.15) is 0 Å². The predicted octanol–water partition coefficient (Wildman–Crippen LogP) is 4.95. The van der Waals surface area contributed by atoms with Crippen molar-refractivity contribution in [1.29, 1.82) is 0 Å². The van der Waals surface area contributed by atoms with Crippen molar-refractivity contribution in [3.05, 3.63) is 102 Å². The van der Waals surface area contributed by atoms with E-state index < -0.39 is 29.8 Å². The standard InChI is InChI=1S/C27H23FN2O5/c1-2-7-24(25(31)29-23-13-12-16(26(32)33)14-22(23)28)30-27(34)35-15-21-19-10-5-3-8-17(19)18-9-4-6-11-20(18)21/h2-6,8-14,21,24H,1,7,15H2,(H,29,31)(H,30,34)(H,32,33). The number of benzene rings is 3. The van der Waals surface area contributed by atoms with Crippen LogP contribution in [0.25, 0.3) is 11.1 Å². The molecule has 0 spiro atoms. The number of ether oxygens (including phenoxy) is 1. The van der Waals surface area contributed by atoms with Crippen molar-refractivity contribution in [3.63, 3.8) is 0 Å². The molecule has 0 bridgehead atoms. The number of fused-ring (bicyclic) bond motifs is 3. The van der Waals surface area contributed by atoms with Crippen molar-refractivity contribution in [2.24, 2.45) is 0 Å². The molecular formula is C27H23FN2O5. The van der Waals surface area contributed by atoms with Gasteiger partial charge in [0.05, 0.1) is 11.3 Å². The van der Waals surface area contributed by atoms with Gasteiger partial charge in [0.1, 0.15) is 18.5 Å². The van der Waals surface area contributed by atoms with E-state index in [0.29, 0.717) is 0 Å². The molecule has 178 valence electrons. The summed E-state index contributed by atoms with van der Waals surface area (Å²) in [7, 11) is 0. The summed E-state index contributed by atoms with van der Waals surface area (Å²) >= 11 is 0. The summed E-state index contributed by atoms with van der Waals surface area (Å²) in [6.07, 6.45) is 0.721. The Kier molecular flexibility index (Phi) is 6.91. The molecule has 1 aliphatic rings. The Morgan fingerprint density at radius 1 is 1.03 bits per heavy atom. The van der Waals surface area contributed by atoms with E-state index in [0.717, 1.165) is 34.4 Å². The number of carbonyl (C=O) groups is 3. The minimum Gasteiger partial charge on any atom is -0.478 e. The van der Waals surface area contributed by atoms with Crippen molar-refractivity contribution in [2.45, 2.75) is 18.4 Å². The van der Waals surface area contributed by atoms with Gasteiger partial charge in [-0.05, 0) is 46.9 Å². The first-order valence-corrected chi connectivity index (χ1v) is 10.9. The lowest BCUT2D eigenvalue weighted by molar-refractivity contribution is -0.118. The third-order valence-electron chi connectivity index (χ3n) is 5.83. The van der Waals surface area contributed by atoms with E-state index in [2.05, 4.69) is 17.2 Å². The summed E-state index contributed by atoms with van der Waals surface area (Å²) in [5.74, 6) is -3.03. The van der Waals surface area contributed by atoms with Crippen LogP contribution in [-0.2, 0) is 9.53 Å². The number of carboxylic acid groups (broad SMARTS) is 1. The fourth-order valence-electron chi connectivity index (χ4n) is 4.15. The quantitative estimate of drug-likeness (QED) is 0.401. The Balaban J connectivity index is 1.41. The Morgan fingerprint density at radius 3 is 2.23 bits per heavy atom. The number of carboxylic acids is 1. The molecule has 0 fully saturated rings. The zero-order valence-corrected chi connectivity index (χ0v) is 18.7. The average molecular weight is 474 g/mol. The molecule has 1 unspecified atom stereocenters. The molecule has 0 heterocycles. The molecule has 3 aromatic rings. The maximum atomic E-state index is 14.2. The number of hydrogen-bond donors (Lipinski definition) is 3. The van der Waals surface area contributed by atoms with E-state index in [4.69, 9.17) is 9.84 Å². The number of carbonyl (C=O) groups excluding carboxylic acids is 2. The van der Waals surface area contributed by atoms with Gasteiger partial charge in [-0.25, -0.2) is 14.0 Å². The number of amides is 2. The molecule has 1 aliphatic carbocycles. The summed E-state index contributed by atoms with van der Waals surface area (Å²) in [6, 6.07) is 17.9. The summed E-state index contributed by atoms with van der Waals surface area (Å²) < 4.78 is 19.7. The fourth-order valence-corrected chi connectivity index (χ4v) is 4.15. The molecule has 35 heavy (non-hydrogen) atoms. The summed E-state index contributed by atoms with van der Waals surface area (Å²) in [5.41, 5.74) is 3.85. The Bertz CT molecular complexity index is 1260. The Hall–Kier alpha value is -4.46. The molecule has 7 nitrogen and oxygen atoms in total. The van der Waals surface area contributed by atoms with Crippen LogP contribution in [0.4, 0.5) is 14.9 Å². The molecule has 2 amide bonds. The molecule has 0 saturated heterocycles. The first-order chi connectivity index (χ1) is 16.9. The van der Waals surface area contributed by atoms with Crippen LogP contribution in [0, 0.1) is 5.82 Å². The van der Waals surface area contributed by atoms with Crippen LogP contribution >= 0.6 is 0 Å². The van der Waals surface area contributed by atoms with Gasteiger partial charge in [0.25, 0.3) is 0 Å². The van der Waals surface area contributed by atoms with E-state index in [1.165, 1.54) is 12.1 Å². The third kappa shape index (κ3) is 5.06. The molecule has 3 aromatic carbocycles. The highest BCUT2D eigenvalue weighted by molar-refractivity contribution is 5.97. The van der Waals surface area contributed by atoms with Crippen LogP contribution in [0.15, 0.2) is 79.4 Å². The van der Waals surface area contributed by atoms with Gasteiger partial charge in [0, 0.05) is 5.92 Å². The molecular weight excluding hydrogens is 451 g/mol. The van der Waals surface area contributed by atoms with E-state index in [1.807, 2.05) is 48.5 Å². The molecule has 1 atom stereocenters. The van der Waals surface area contributed by atoms with Crippen molar-refractivity contribution in [3.8, 4) is 11.1 Å². The second-order valence-electron chi connectivity index (χ2n) is 8.04. The number of aromatic carboxylic acids is 1. The average Bonchev–Trinajstić information content (AvgIpc) is 3.17. The number of alkyl carbamates (subject to hydrolysis) is 1. The van der Waals surface area contributed by atoms with Crippen LogP contribution in [0.5, 0.6) is 0 Å². The highest BCUT2D eigenvalue weighted by Gasteiger charge is 2.29. The van der Waals surface area contributed by atoms with E-state index in [1.54, 1.807) is 0 Å². The first kappa shape index (κ1) is 23.7. The number of hydrogen-bond acceptors (Lipinski definition) is 4. The summed E-state index contributed by atoms with van der Waals surface area (Å²) in [4.78, 5) is 36.2. The third-order valence-corrected chi connectivity index (χ3v) is 5.83. The van der Waals surface area contributed by atoms with Crippen molar-refractivity contribution < 1.29 is 28.6 Å². The van der Waals surface area contributed by atoms with E-state index >= 15 is 0 Å². The number of halogens is 1. The molecule has 3 N–H and O–H groups in total. The maximum Gasteiger partial charge on any atom is 0.407 e. The minimum atomic E-state index is -1.29. The molecule has 0 aromatic heterocycles. The van der Waals surface area contributed by atoms with Crippen molar-refractivity contribution >= 4 is 23.7 Å². The SMILES string of the molecule is C=CCC(NC(=O)OCC1c2ccccc2-c2ccccc21)C(=O)Nc1ccc(C(=O)O)cc1F. The number of rotatable bonds is 8. The van der Waals surface area contributed by atoms with E-state index in [-0.39, 0.29) is 30.2 Å². The van der Waals surface area contributed by atoms with Gasteiger partial charge in [-0.1, -0.05) is 54.6 Å². The second-order valence-corrected chi connectivity index (χ2v) is 8.04. The van der Waals surface area contributed by atoms with Gasteiger partial charge in [0.2, 0.25) is 5.91 Å². The fraction of sp³-hybridized carbons (Fsp3) is 0.148. The summed E-state index contributed by atoms with van der Waals surface area (Å²) in [5, 5.41) is 13.8. The summed E-state index contributed by atoms with van der Waals surface area (Å²) in [6.45, 7) is 3.67. The van der Waals surface area contributed by atoms with Crippen LogP contribution in [0.1, 0.15) is 33.8 Å². The van der Waals surface area contributed by atoms with Gasteiger partial charge >= 0.3 is 12.1 Å². The Morgan fingerprint density at radius 2 is 1.66 bits per heavy atom. The van der Waals surface area contributed by atoms with Gasteiger partial charge in [0.15, 0.2) is 0 Å². The highest BCUT2D eigenvalue weighted by atomic mass is 19.1. The number of nitrogens with one attached hydrogen (secondary N) is 2. The van der Waals surface area contributed by atoms with Crippen molar-refractivity contribution in [1.82, 2.24) is 5.32 Å². The predicted molar refractivity (Wildman–Crippen MR) is 129 cm³/mol. The van der Waals surface area contributed by atoms with Crippen LogP contribution in [-0.4, -0.2) is 35.7 Å². The number of anilines is 1. The normalized spacial score (nSPS) is 12.7. The zero-order valence-electron chi connectivity index (χ0n) is 18.7. The largest absolute Gasteiger partial charge is 0.478 e. The van der Waals surface area contributed by atoms with Crippen LogP contribution in [0.2, 0.25) is 0 Å². The van der Waals surface area contributed by atoms with Gasteiger partial charge < -0.3 is 20.5 Å². The molecule has 0 radical (unpaired) electrons. The maximum absolute atomic E-state index is 14.2. The lowest BCUT2D eigenvalue weighted by Crippen LogP contribution is -2.44. The zero-order chi connectivity index (χ0) is 24.9. The monoisotopic (exact) mass is 474 g/mol. The van der Waals surface area contributed by atoms with E-state index in [9.17, 15) is 18.8 Å². The lowest BCUT2D eigenvalue weighted by atomic mass is 9.98.